The molecule has 3 N–H and O–H groups in total. The third-order valence-corrected chi connectivity index (χ3v) is 2.08. The zero-order valence-corrected chi connectivity index (χ0v) is 9.85. The Morgan fingerprint density at radius 3 is 2.47 bits per heavy atom. The molecule has 1 aromatic rings. The van der Waals surface area contributed by atoms with E-state index >= 15 is 0 Å². The fourth-order valence-electron chi connectivity index (χ4n) is 1.08. The first kappa shape index (κ1) is 11.9. The molecule has 0 radical (unpaired) electrons. The van der Waals surface area contributed by atoms with Crippen molar-refractivity contribution in [3.63, 3.8) is 0 Å². The number of hydrogen-bond acceptors (Lipinski definition) is 2. The number of nitrogens with one attached hydrogen (secondary N) is 1. The van der Waals surface area contributed by atoms with Gasteiger partial charge in [0.1, 0.15) is 0 Å². The Labute approximate surface area is 94.6 Å². The Kier molecular flexibility index (Phi) is 3.25. The molecular weight excluding hydrogens is 212 g/mol. The van der Waals surface area contributed by atoms with E-state index < -0.39 is 0 Å². The van der Waals surface area contributed by atoms with Crippen LogP contribution in [0.3, 0.4) is 0 Å². The molecule has 0 spiro atoms. The molecule has 1 aromatic carbocycles. The van der Waals surface area contributed by atoms with Crippen molar-refractivity contribution >= 4 is 23.2 Å². The number of halogens is 1. The lowest BCUT2D eigenvalue weighted by atomic mass is 10.1. The van der Waals surface area contributed by atoms with E-state index in [1.807, 2.05) is 20.8 Å². The number of benzene rings is 1. The molecule has 0 aliphatic carbocycles. The number of hydrogen-bond donors (Lipinski definition) is 2. The van der Waals surface area contributed by atoms with Crippen LogP contribution in [-0.2, 0) is 0 Å². The monoisotopic (exact) mass is 226 g/mol. The van der Waals surface area contributed by atoms with Gasteiger partial charge in [0.2, 0.25) is 0 Å². The van der Waals surface area contributed by atoms with E-state index in [1.54, 1.807) is 18.2 Å². The summed E-state index contributed by atoms with van der Waals surface area (Å²) in [6.45, 7) is 5.76. The minimum absolute atomic E-state index is 0.149. The number of nitrogen functional groups attached to an aromatic ring is 1. The Morgan fingerprint density at radius 1 is 1.40 bits per heavy atom. The molecule has 82 valence electrons. The van der Waals surface area contributed by atoms with Crippen LogP contribution in [0.1, 0.15) is 31.1 Å². The maximum Gasteiger partial charge on any atom is 0.251 e. The van der Waals surface area contributed by atoms with Crippen molar-refractivity contribution in [2.45, 2.75) is 26.3 Å². The quantitative estimate of drug-likeness (QED) is 0.723. The van der Waals surface area contributed by atoms with Gasteiger partial charge in [0.15, 0.2) is 0 Å². The van der Waals surface area contributed by atoms with Crippen LogP contribution in [0.15, 0.2) is 18.2 Å². The van der Waals surface area contributed by atoms with E-state index in [0.717, 1.165) is 0 Å². The Bertz CT molecular complexity index is 383. The Balaban J connectivity index is 2.88. The highest BCUT2D eigenvalue weighted by atomic mass is 35.5. The average Bonchev–Trinajstić information content (AvgIpc) is 2.06. The first-order valence-electron chi connectivity index (χ1n) is 4.67. The van der Waals surface area contributed by atoms with Crippen molar-refractivity contribution in [2.75, 3.05) is 5.73 Å². The van der Waals surface area contributed by atoms with Gasteiger partial charge < -0.3 is 11.1 Å². The van der Waals surface area contributed by atoms with E-state index in [4.69, 9.17) is 17.3 Å². The lowest BCUT2D eigenvalue weighted by molar-refractivity contribution is 0.0919. The molecule has 4 heteroatoms. The maximum atomic E-state index is 11.7. The molecule has 0 saturated heterocycles. The van der Waals surface area contributed by atoms with Crippen molar-refractivity contribution in [1.29, 1.82) is 0 Å². The molecule has 0 heterocycles. The molecular formula is C11H15ClN2O. The second-order valence-electron chi connectivity index (χ2n) is 4.44. The molecule has 0 bridgehead atoms. The van der Waals surface area contributed by atoms with E-state index in [9.17, 15) is 4.79 Å². The van der Waals surface area contributed by atoms with Crippen LogP contribution < -0.4 is 11.1 Å². The van der Waals surface area contributed by atoms with Gasteiger partial charge in [0.25, 0.3) is 5.91 Å². The maximum absolute atomic E-state index is 11.7. The summed E-state index contributed by atoms with van der Waals surface area (Å²) in [5.74, 6) is -0.149. The highest BCUT2D eigenvalue weighted by Gasteiger charge is 2.15. The van der Waals surface area contributed by atoms with Crippen LogP contribution >= 0.6 is 11.6 Å². The molecule has 0 unspecified atom stereocenters. The summed E-state index contributed by atoms with van der Waals surface area (Å²) in [6.07, 6.45) is 0. The smallest absolute Gasteiger partial charge is 0.251 e. The SMILES string of the molecule is CC(C)(C)NC(=O)c1ccc(N)c(Cl)c1. The van der Waals surface area contributed by atoms with E-state index in [-0.39, 0.29) is 11.4 Å². The summed E-state index contributed by atoms with van der Waals surface area (Å²) in [7, 11) is 0. The molecule has 15 heavy (non-hydrogen) atoms. The topological polar surface area (TPSA) is 55.1 Å². The number of nitrogens with two attached hydrogens (primary N) is 1. The van der Waals surface area contributed by atoms with Crippen LogP contribution in [0, 0.1) is 0 Å². The van der Waals surface area contributed by atoms with Gasteiger partial charge in [-0.1, -0.05) is 11.6 Å². The first-order valence-corrected chi connectivity index (χ1v) is 5.05. The van der Waals surface area contributed by atoms with Crippen molar-refractivity contribution in [3.05, 3.63) is 28.8 Å². The number of rotatable bonds is 1. The Hall–Kier alpha value is -1.22. The van der Waals surface area contributed by atoms with Gasteiger partial charge in [-0.3, -0.25) is 4.79 Å². The van der Waals surface area contributed by atoms with Crippen LogP contribution in [0.4, 0.5) is 5.69 Å². The second kappa shape index (κ2) is 4.11. The van der Waals surface area contributed by atoms with E-state index in [0.29, 0.717) is 16.3 Å². The molecule has 0 aromatic heterocycles. The third-order valence-electron chi connectivity index (χ3n) is 1.75. The van der Waals surface area contributed by atoms with Gasteiger partial charge in [0.05, 0.1) is 10.7 Å². The van der Waals surface area contributed by atoms with Gasteiger partial charge in [-0.05, 0) is 39.0 Å². The summed E-state index contributed by atoms with van der Waals surface area (Å²) in [5.41, 5.74) is 6.29. The van der Waals surface area contributed by atoms with Gasteiger partial charge in [0, 0.05) is 11.1 Å². The van der Waals surface area contributed by atoms with Gasteiger partial charge in [-0.25, -0.2) is 0 Å². The van der Waals surface area contributed by atoms with Crippen molar-refractivity contribution in [2.24, 2.45) is 0 Å². The molecule has 3 nitrogen and oxygen atoms in total. The summed E-state index contributed by atoms with van der Waals surface area (Å²) < 4.78 is 0. The zero-order chi connectivity index (χ0) is 11.6. The summed E-state index contributed by atoms with van der Waals surface area (Å²) >= 11 is 5.82. The number of carbonyl (C=O) groups excluding carboxylic acids is 1. The van der Waals surface area contributed by atoms with Crippen molar-refractivity contribution in [3.8, 4) is 0 Å². The number of anilines is 1. The van der Waals surface area contributed by atoms with E-state index in [1.165, 1.54) is 0 Å². The van der Waals surface area contributed by atoms with E-state index in [2.05, 4.69) is 5.32 Å². The number of amides is 1. The summed E-state index contributed by atoms with van der Waals surface area (Å²) in [5, 5.41) is 3.24. The zero-order valence-electron chi connectivity index (χ0n) is 9.10. The molecule has 0 fully saturated rings. The Morgan fingerprint density at radius 2 is 2.00 bits per heavy atom. The van der Waals surface area contributed by atoms with Crippen LogP contribution in [0.2, 0.25) is 5.02 Å². The van der Waals surface area contributed by atoms with Crippen LogP contribution in [-0.4, -0.2) is 11.4 Å². The highest BCUT2D eigenvalue weighted by molar-refractivity contribution is 6.33. The number of carbonyl (C=O) groups is 1. The molecule has 0 saturated carbocycles. The summed E-state index contributed by atoms with van der Waals surface area (Å²) in [4.78, 5) is 11.7. The molecule has 1 amide bonds. The van der Waals surface area contributed by atoms with Crippen molar-refractivity contribution in [1.82, 2.24) is 5.32 Å². The van der Waals surface area contributed by atoms with Gasteiger partial charge >= 0.3 is 0 Å². The molecule has 0 atom stereocenters. The predicted molar refractivity (Wildman–Crippen MR) is 63.1 cm³/mol. The second-order valence-corrected chi connectivity index (χ2v) is 4.85. The summed E-state index contributed by atoms with van der Waals surface area (Å²) in [6, 6.07) is 4.85. The molecule has 0 aliphatic rings. The lowest BCUT2D eigenvalue weighted by Crippen LogP contribution is -2.40. The minimum Gasteiger partial charge on any atom is -0.398 e. The third kappa shape index (κ3) is 3.44. The fourth-order valence-corrected chi connectivity index (χ4v) is 1.26. The molecule has 1 rings (SSSR count). The largest absolute Gasteiger partial charge is 0.398 e. The van der Waals surface area contributed by atoms with Crippen molar-refractivity contribution < 1.29 is 4.79 Å². The van der Waals surface area contributed by atoms with Gasteiger partial charge in [-0.2, -0.15) is 0 Å². The normalized spacial score (nSPS) is 11.2. The lowest BCUT2D eigenvalue weighted by Gasteiger charge is -2.20. The highest BCUT2D eigenvalue weighted by Crippen LogP contribution is 2.19. The first-order chi connectivity index (χ1) is 6.79. The standard InChI is InChI=1S/C11H15ClN2O/c1-11(2,3)14-10(15)7-4-5-9(13)8(12)6-7/h4-6H,13H2,1-3H3,(H,14,15). The fraction of sp³-hybridized carbons (Fsp3) is 0.364. The van der Waals surface area contributed by atoms with Crippen LogP contribution in [0.25, 0.3) is 0 Å². The molecule has 0 aliphatic heterocycles. The predicted octanol–water partition coefficient (Wildman–Crippen LogP) is 2.45. The average molecular weight is 227 g/mol. The van der Waals surface area contributed by atoms with Crippen LogP contribution in [0.5, 0.6) is 0 Å². The minimum atomic E-state index is -0.259. The van der Waals surface area contributed by atoms with Gasteiger partial charge in [-0.15, -0.1) is 0 Å².